The minimum Gasteiger partial charge on any atom is -0.399 e. The van der Waals surface area contributed by atoms with Crippen molar-refractivity contribution in [2.75, 3.05) is 18.8 Å². The molecular formula is C16H21N3O. The van der Waals surface area contributed by atoms with Gasteiger partial charge in [-0.2, -0.15) is 0 Å². The largest absolute Gasteiger partial charge is 0.399 e. The number of nitrogen functional groups attached to an aromatic ring is 1. The number of nitrogens with one attached hydrogen (secondary N) is 1. The summed E-state index contributed by atoms with van der Waals surface area (Å²) >= 11 is 0. The van der Waals surface area contributed by atoms with Crippen LogP contribution in [0.4, 0.5) is 5.69 Å². The Balaban J connectivity index is 1.89. The number of nitrogens with two attached hydrogens (primary N) is 1. The molecule has 4 nitrogen and oxygen atoms in total. The van der Waals surface area contributed by atoms with Gasteiger partial charge < -0.3 is 15.6 Å². The maximum atomic E-state index is 12.7. The highest BCUT2D eigenvalue weighted by molar-refractivity contribution is 6.07. The average Bonchev–Trinajstić information content (AvgIpc) is 2.80. The number of rotatable bonds is 1. The van der Waals surface area contributed by atoms with E-state index in [1.807, 2.05) is 29.3 Å². The van der Waals surface area contributed by atoms with Crippen molar-refractivity contribution in [2.45, 2.75) is 32.1 Å². The van der Waals surface area contributed by atoms with Crippen molar-refractivity contribution in [1.29, 1.82) is 0 Å². The van der Waals surface area contributed by atoms with Crippen LogP contribution in [0.5, 0.6) is 0 Å². The van der Waals surface area contributed by atoms with E-state index in [-0.39, 0.29) is 5.91 Å². The number of carbonyl (C=O) groups excluding carboxylic acids is 1. The molecule has 1 aromatic carbocycles. The molecule has 4 heteroatoms. The number of likely N-dealkylation sites (tertiary alicyclic amines) is 1. The predicted molar refractivity (Wildman–Crippen MR) is 81.7 cm³/mol. The second-order valence-corrected chi connectivity index (χ2v) is 5.57. The molecule has 106 valence electrons. The minimum atomic E-state index is 0.128. The van der Waals surface area contributed by atoms with E-state index in [9.17, 15) is 4.79 Å². The Labute approximate surface area is 118 Å². The molecule has 0 atom stereocenters. The molecule has 0 radical (unpaired) electrons. The van der Waals surface area contributed by atoms with E-state index in [2.05, 4.69) is 4.98 Å². The third-order valence-electron chi connectivity index (χ3n) is 4.08. The lowest BCUT2D eigenvalue weighted by Crippen LogP contribution is -2.33. The van der Waals surface area contributed by atoms with Crippen LogP contribution in [-0.2, 0) is 0 Å². The number of benzene rings is 1. The van der Waals surface area contributed by atoms with Crippen molar-refractivity contribution in [1.82, 2.24) is 9.88 Å². The molecule has 2 aromatic rings. The zero-order valence-corrected chi connectivity index (χ0v) is 11.7. The molecule has 0 spiro atoms. The molecule has 1 saturated heterocycles. The zero-order chi connectivity index (χ0) is 13.9. The molecule has 3 rings (SSSR count). The van der Waals surface area contributed by atoms with Gasteiger partial charge in [-0.15, -0.1) is 0 Å². The molecule has 1 amide bonds. The Bertz CT molecular complexity index is 609. The van der Waals surface area contributed by atoms with Crippen LogP contribution in [0.3, 0.4) is 0 Å². The molecule has 2 heterocycles. The van der Waals surface area contributed by atoms with Gasteiger partial charge in [-0.25, -0.2) is 0 Å². The monoisotopic (exact) mass is 271 g/mol. The fourth-order valence-corrected chi connectivity index (χ4v) is 2.94. The molecule has 1 aromatic heterocycles. The van der Waals surface area contributed by atoms with Crippen LogP contribution < -0.4 is 5.73 Å². The summed E-state index contributed by atoms with van der Waals surface area (Å²) in [7, 11) is 0. The van der Waals surface area contributed by atoms with E-state index in [0.717, 1.165) is 42.4 Å². The number of nitrogens with zero attached hydrogens (tertiary/aromatic N) is 1. The summed E-state index contributed by atoms with van der Waals surface area (Å²) in [6.45, 7) is 1.74. The highest BCUT2D eigenvalue weighted by atomic mass is 16.2. The van der Waals surface area contributed by atoms with Crippen LogP contribution in [0, 0.1) is 0 Å². The van der Waals surface area contributed by atoms with Crippen molar-refractivity contribution in [3.63, 3.8) is 0 Å². The van der Waals surface area contributed by atoms with Crippen LogP contribution in [0.25, 0.3) is 10.9 Å². The zero-order valence-electron chi connectivity index (χ0n) is 11.7. The van der Waals surface area contributed by atoms with E-state index in [1.165, 1.54) is 19.3 Å². The molecule has 1 fully saturated rings. The van der Waals surface area contributed by atoms with Crippen LogP contribution in [-0.4, -0.2) is 28.9 Å². The molecule has 1 aliphatic rings. The summed E-state index contributed by atoms with van der Waals surface area (Å²) in [5.74, 6) is 0.128. The second-order valence-electron chi connectivity index (χ2n) is 5.57. The number of anilines is 1. The van der Waals surface area contributed by atoms with Gasteiger partial charge in [0.2, 0.25) is 0 Å². The van der Waals surface area contributed by atoms with E-state index in [4.69, 9.17) is 5.73 Å². The summed E-state index contributed by atoms with van der Waals surface area (Å²) in [4.78, 5) is 17.9. The maximum Gasteiger partial charge on any atom is 0.256 e. The van der Waals surface area contributed by atoms with Crippen molar-refractivity contribution >= 4 is 22.5 Å². The summed E-state index contributed by atoms with van der Waals surface area (Å²) in [6, 6.07) is 5.65. The van der Waals surface area contributed by atoms with Crippen LogP contribution >= 0.6 is 0 Å². The first-order valence-electron chi connectivity index (χ1n) is 7.41. The standard InChI is InChI=1S/C16H21N3O/c17-12-6-7-15-13(10-12)14(11-18-15)16(20)19-8-4-2-1-3-5-9-19/h6-7,10-11,18H,1-5,8-9,17H2. The number of fused-ring (bicyclic) bond motifs is 1. The molecular weight excluding hydrogens is 250 g/mol. The number of aromatic amines is 1. The molecule has 0 saturated carbocycles. The fraction of sp³-hybridized carbons (Fsp3) is 0.438. The summed E-state index contributed by atoms with van der Waals surface area (Å²) < 4.78 is 0. The van der Waals surface area contributed by atoms with Gasteiger partial charge in [-0.3, -0.25) is 4.79 Å². The van der Waals surface area contributed by atoms with Crippen molar-refractivity contribution < 1.29 is 4.79 Å². The Morgan fingerprint density at radius 2 is 1.80 bits per heavy atom. The lowest BCUT2D eigenvalue weighted by atomic mass is 10.1. The van der Waals surface area contributed by atoms with Gasteiger partial charge in [-0.05, 0) is 31.0 Å². The first-order valence-corrected chi connectivity index (χ1v) is 7.41. The lowest BCUT2D eigenvalue weighted by Gasteiger charge is -2.24. The average molecular weight is 271 g/mol. The first kappa shape index (κ1) is 13.0. The third kappa shape index (κ3) is 2.50. The topological polar surface area (TPSA) is 62.1 Å². The van der Waals surface area contributed by atoms with E-state index < -0.39 is 0 Å². The first-order chi connectivity index (χ1) is 9.75. The molecule has 3 N–H and O–H groups in total. The summed E-state index contributed by atoms with van der Waals surface area (Å²) in [5, 5.41) is 0.928. The number of hydrogen-bond acceptors (Lipinski definition) is 2. The van der Waals surface area contributed by atoms with Gasteiger partial charge in [0, 0.05) is 35.9 Å². The number of hydrogen-bond donors (Lipinski definition) is 2. The smallest absolute Gasteiger partial charge is 0.256 e. The van der Waals surface area contributed by atoms with E-state index in [0.29, 0.717) is 5.69 Å². The SMILES string of the molecule is Nc1ccc2[nH]cc(C(=O)N3CCCCCCC3)c2c1. The Morgan fingerprint density at radius 3 is 2.55 bits per heavy atom. The Kier molecular flexibility index (Phi) is 3.63. The van der Waals surface area contributed by atoms with Gasteiger partial charge in [0.25, 0.3) is 5.91 Å². The van der Waals surface area contributed by atoms with Gasteiger partial charge in [0.05, 0.1) is 5.56 Å². The van der Waals surface area contributed by atoms with Crippen LogP contribution in [0.15, 0.2) is 24.4 Å². The number of amides is 1. The van der Waals surface area contributed by atoms with Crippen molar-refractivity contribution in [2.24, 2.45) is 0 Å². The summed E-state index contributed by atoms with van der Waals surface area (Å²) in [6.07, 6.45) is 7.78. The van der Waals surface area contributed by atoms with Crippen molar-refractivity contribution in [3.8, 4) is 0 Å². The van der Waals surface area contributed by atoms with Gasteiger partial charge in [0.1, 0.15) is 0 Å². The quantitative estimate of drug-likeness (QED) is 0.783. The van der Waals surface area contributed by atoms with E-state index >= 15 is 0 Å². The van der Waals surface area contributed by atoms with Crippen LogP contribution in [0.2, 0.25) is 0 Å². The number of carbonyl (C=O) groups is 1. The highest BCUT2D eigenvalue weighted by Gasteiger charge is 2.19. The number of aromatic nitrogens is 1. The second kappa shape index (κ2) is 5.57. The van der Waals surface area contributed by atoms with Gasteiger partial charge in [-0.1, -0.05) is 19.3 Å². The van der Waals surface area contributed by atoms with E-state index in [1.54, 1.807) is 0 Å². The third-order valence-corrected chi connectivity index (χ3v) is 4.08. The lowest BCUT2D eigenvalue weighted by molar-refractivity contribution is 0.0744. The molecule has 0 aliphatic carbocycles. The normalized spacial score (nSPS) is 16.9. The molecule has 0 unspecified atom stereocenters. The van der Waals surface area contributed by atoms with Gasteiger partial charge >= 0.3 is 0 Å². The highest BCUT2D eigenvalue weighted by Crippen LogP contribution is 2.23. The maximum absolute atomic E-state index is 12.7. The molecule has 1 aliphatic heterocycles. The summed E-state index contributed by atoms with van der Waals surface area (Å²) in [5.41, 5.74) is 8.24. The Hall–Kier alpha value is -1.97. The van der Waals surface area contributed by atoms with Crippen molar-refractivity contribution in [3.05, 3.63) is 30.0 Å². The minimum absolute atomic E-state index is 0.128. The molecule has 0 bridgehead atoms. The van der Waals surface area contributed by atoms with Gasteiger partial charge in [0.15, 0.2) is 0 Å². The molecule has 20 heavy (non-hydrogen) atoms. The fourth-order valence-electron chi connectivity index (χ4n) is 2.94. The van der Waals surface area contributed by atoms with Crippen LogP contribution in [0.1, 0.15) is 42.5 Å². The Morgan fingerprint density at radius 1 is 1.10 bits per heavy atom. The predicted octanol–water partition coefficient (Wildman–Crippen LogP) is 3.16. The number of H-pyrrole nitrogens is 1.